The predicted molar refractivity (Wildman–Crippen MR) is 124 cm³/mol. The summed E-state index contributed by atoms with van der Waals surface area (Å²) in [6, 6.07) is 16.8. The Morgan fingerprint density at radius 2 is 1.22 bits per heavy atom. The lowest BCUT2D eigenvalue weighted by Crippen LogP contribution is -2.40. The third-order valence-electron chi connectivity index (χ3n) is 5.70. The molecule has 3 rings (SSSR count). The number of carbonyl (C=O) groups excluding carboxylic acids is 1. The highest BCUT2D eigenvalue weighted by atomic mass is 19.4. The number of alkyl halides is 6. The number of benzene rings is 3. The van der Waals surface area contributed by atoms with Crippen molar-refractivity contribution < 1.29 is 41.0 Å². The van der Waals surface area contributed by atoms with Crippen LogP contribution in [0.4, 0.5) is 26.3 Å². The first kappa shape index (κ1) is 27.5. The molecule has 1 atom stereocenters. The summed E-state index contributed by atoms with van der Waals surface area (Å²) in [6.45, 7) is 0. The Kier molecular flexibility index (Phi) is 8.10. The van der Waals surface area contributed by atoms with Gasteiger partial charge in [-0.15, -0.1) is 0 Å². The molecular formula is C27H21F6NO3. The maximum absolute atomic E-state index is 13.4. The van der Waals surface area contributed by atoms with Gasteiger partial charge in [0.25, 0.3) is 5.91 Å². The quantitative estimate of drug-likeness (QED) is 0.280. The third-order valence-corrected chi connectivity index (χ3v) is 5.70. The average molecular weight is 521 g/mol. The van der Waals surface area contributed by atoms with Gasteiger partial charge in [-0.3, -0.25) is 4.79 Å². The van der Waals surface area contributed by atoms with E-state index in [1.807, 2.05) is 0 Å². The minimum atomic E-state index is -5.13. The molecule has 0 spiro atoms. The van der Waals surface area contributed by atoms with Gasteiger partial charge in [-0.2, -0.15) is 26.3 Å². The lowest BCUT2D eigenvalue weighted by atomic mass is 9.83. The molecule has 0 fully saturated rings. The Morgan fingerprint density at radius 3 is 1.59 bits per heavy atom. The molecule has 0 aliphatic heterocycles. The molecule has 3 aromatic rings. The van der Waals surface area contributed by atoms with Crippen LogP contribution < -0.4 is 0 Å². The molecule has 0 aromatic heterocycles. The van der Waals surface area contributed by atoms with Crippen LogP contribution in [0.3, 0.4) is 0 Å². The van der Waals surface area contributed by atoms with E-state index in [9.17, 15) is 41.0 Å². The van der Waals surface area contributed by atoms with E-state index < -0.39 is 52.9 Å². The molecule has 194 valence electrons. The zero-order chi connectivity index (χ0) is 27.4. The lowest BCUT2D eigenvalue weighted by molar-refractivity contribution is -0.143. The van der Waals surface area contributed by atoms with Gasteiger partial charge in [-0.25, -0.2) is 4.79 Å². The fraction of sp³-hybridized carbons (Fsp3) is 0.185. The topological polar surface area (TPSA) is 57.6 Å². The van der Waals surface area contributed by atoms with Crippen molar-refractivity contribution in [3.8, 4) is 0 Å². The number of amides is 1. The zero-order valence-electron chi connectivity index (χ0n) is 19.3. The molecule has 0 heterocycles. The van der Waals surface area contributed by atoms with Gasteiger partial charge >= 0.3 is 18.3 Å². The van der Waals surface area contributed by atoms with Gasteiger partial charge in [0.15, 0.2) is 0 Å². The fourth-order valence-electron chi connectivity index (χ4n) is 3.97. The SMILES string of the molecule is CN(C(=O)c1cc(C(F)(F)F)cc(C(F)(F)F)c1)C(C=CC(=O)O)C(c1ccccc1)c1ccccc1. The number of hydrogen-bond donors (Lipinski definition) is 1. The summed E-state index contributed by atoms with van der Waals surface area (Å²) >= 11 is 0. The summed E-state index contributed by atoms with van der Waals surface area (Å²) in [5.74, 6) is -3.18. The molecule has 0 bridgehead atoms. The molecule has 3 aromatic carbocycles. The molecule has 4 nitrogen and oxygen atoms in total. The molecular weight excluding hydrogens is 500 g/mol. The van der Waals surface area contributed by atoms with Crippen molar-refractivity contribution in [3.63, 3.8) is 0 Å². The maximum atomic E-state index is 13.4. The lowest BCUT2D eigenvalue weighted by Gasteiger charge is -2.34. The predicted octanol–water partition coefficient (Wildman–Crippen LogP) is 6.64. The number of rotatable bonds is 7. The molecule has 10 heteroatoms. The molecule has 37 heavy (non-hydrogen) atoms. The highest BCUT2D eigenvalue weighted by Crippen LogP contribution is 2.37. The molecule has 0 saturated heterocycles. The summed E-state index contributed by atoms with van der Waals surface area (Å²) in [6.07, 6.45) is -8.30. The van der Waals surface area contributed by atoms with Gasteiger partial charge in [0.2, 0.25) is 0 Å². The number of aliphatic carboxylic acids is 1. The molecule has 0 saturated carbocycles. The number of carboxylic acids is 1. The van der Waals surface area contributed by atoms with E-state index in [0.717, 1.165) is 11.0 Å². The number of carbonyl (C=O) groups is 2. The van der Waals surface area contributed by atoms with Crippen molar-refractivity contribution in [2.75, 3.05) is 7.05 Å². The second-order valence-corrected chi connectivity index (χ2v) is 8.20. The maximum Gasteiger partial charge on any atom is 0.416 e. The summed E-state index contributed by atoms with van der Waals surface area (Å²) in [7, 11) is 1.20. The first-order valence-corrected chi connectivity index (χ1v) is 10.9. The van der Waals surface area contributed by atoms with Gasteiger partial charge in [0, 0.05) is 24.6 Å². The van der Waals surface area contributed by atoms with Crippen LogP contribution in [0.1, 0.15) is 38.5 Å². The van der Waals surface area contributed by atoms with Crippen molar-refractivity contribution in [1.29, 1.82) is 0 Å². The van der Waals surface area contributed by atoms with E-state index in [1.165, 1.54) is 13.1 Å². The van der Waals surface area contributed by atoms with E-state index in [4.69, 9.17) is 0 Å². The van der Waals surface area contributed by atoms with Crippen LogP contribution in [-0.2, 0) is 17.1 Å². The average Bonchev–Trinajstić information content (AvgIpc) is 2.85. The van der Waals surface area contributed by atoms with E-state index in [-0.39, 0.29) is 6.07 Å². The first-order chi connectivity index (χ1) is 17.3. The molecule has 0 radical (unpaired) electrons. The van der Waals surface area contributed by atoms with Crippen LogP contribution in [0.2, 0.25) is 0 Å². The second-order valence-electron chi connectivity index (χ2n) is 8.20. The number of likely N-dealkylation sites (N-methyl/N-ethyl adjacent to an activating group) is 1. The molecule has 0 aliphatic rings. The van der Waals surface area contributed by atoms with Crippen LogP contribution in [0.25, 0.3) is 0 Å². The minimum absolute atomic E-state index is 0.0602. The Balaban J connectivity index is 2.17. The summed E-state index contributed by atoms with van der Waals surface area (Å²) < 4.78 is 80.2. The van der Waals surface area contributed by atoms with Crippen LogP contribution in [-0.4, -0.2) is 35.0 Å². The molecule has 1 unspecified atom stereocenters. The Hall–Kier alpha value is -4.08. The second kappa shape index (κ2) is 10.9. The van der Waals surface area contributed by atoms with Gasteiger partial charge in [-0.1, -0.05) is 66.7 Å². The van der Waals surface area contributed by atoms with E-state index in [2.05, 4.69) is 0 Å². The Morgan fingerprint density at radius 1 is 0.784 bits per heavy atom. The monoisotopic (exact) mass is 521 g/mol. The number of halogens is 6. The van der Waals surface area contributed by atoms with Crippen LogP contribution in [0.15, 0.2) is 91.0 Å². The van der Waals surface area contributed by atoms with Gasteiger partial charge < -0.3 is 10.0 Å². The third kappa shape index (κ3) is 6.78. The van der Waals surface area contributed by atoms with E-state index in [0.29, 0.717) is 23.3 Å². The van der Waals surface area contributed by atoms with Crippen LogP contribution in [0, 0.1) is 0 Å². The molecule has 1 amide bonds. The first-order valence-electron chi connectivity index (χ1n) is 10.9. The van der Waals surface area contributed by atoms with Gasteiger partial charge in [-0.05, 0) is 29.3 Å². The van der Waals surface area contributed by atoms with Crippen molar-refractivity contribution in [1.82, 2.24) is 4.90 Å². The zero-order valence-corrected chi connectivity index (χ0v) is 19.3. The summed E-state index contributed by atoms with van der Waals surface area (Å²) in [5, 5.41) is 9.23. The number of hydrogen-bond acceptors (Lipinski definition) is 2. The largest absolute Gasteiger partial charge is 0.478 e. The summed E-state index contributed by atoms with van der Waals surface area (Å²) in [5.41, 5.74) is -2.79. The normalized spacial score (nSPS) is 13.1. The number of carboxylic acid groups (broad SMARTS) is 1. The Bertz CT molecular complexity index is 1200. The van der Waals surface area contributed by atoms with Crippen molar-refractivity contribution in [3.05, 3.63) is 119 Å². The smallest absolute Gasteiger partial charge is 0.416 e. The number of nitrogens with zero attached hydrogens (tertiary/aromatic N) is 1. The van der Waals surface area contributed by atoms with Crippen molar-refractivity contribution in [2.24, 2.45) is 0 Å². The highest BCUT2D eigenvalue weighted by Gasteiger charge is 2.38. The minimum Gasteiger partial charge on any atom is -0.478 e. The molecule has 0 aliphatic carbocycles. The van der Waals surface area contributed by atoms with Crippen molar-refractivity contribution in [2.45, 2.75) is 24.3 Å². The van der Waals surface area contributed by atoms with Crippen LogP contribution in [0.5, 0.6) is 0 Å². The van der Waals surface area contributed by atoms with E-state index in [1.54, 1.807) is 60.7 Å². The van der Waals surface area contributed by atoms with Gasteiger partial charge in [0.1, 0.15) is 0 Å². The fourth-order valence-corrected chi connectivity index (χ4v) is 3.97. The van der Waals surface area contributed by atoms with Crippen LogP contribution >= 0.6 is 0 Å². The van der Waals surface area contributed by atoms with Gasteiger partial charge in [0.05, 0.1) is 17.2 Å². The standard InChI is InChI=1S/C27H21F6NO3/c1-34(25(37)19-14-20(26(28,29)30)16-21(15-19)27(31,32)33)22(12-13-23(35)36)24(17-8-4-2-5-9-17)18-10-6-3-7-11-18/h2-16,22,24H,1H3,(H,35,36). The van der Waals surface area contributed by atoms with E-state index >= 15 is 0 Å². The van der Waals surface area contributed by atoms with Crippen molar-refractivity contribution >= 4 is 11.9 Å². The Labute approximate surface area is 208 Å². The summed E-state index contributed by atoms with van der Waals surface area (Å²) in [4.78, 5) is 25.6. The highest BCUT2D eigenvalue weighted by molar-refractivity contribution is 5.95. The molecule has 1 N–H and O–H groups in total.